The van der Waals surface area contributed by atoms with Crippen molar-refractivity contribution in [2.45, 2.75) is 31.5 Å². The zero-order valence-electron chi connectivity index (χ0n) is 30.1. The number of nitrogens with zero attached hydrogens (tertiary/aromatic N) is 6. The van der Waals surface area contributed by atoms with Gasteiger partial charge in [-0.2, -0.15) is 13.2 Å². The number of piperidine rings is 1. The molecular formula is C41H34F3N9O4. The Balaban J connectivity index is 0.000000172. The van der Waals surface area contributed by atoms with Gasteiger partial charge in [0.15, 0.2) is 5.69 Å². The fourth-order valence-electron chi connectivity index (χ4n) is 6.98. The number of fused-ring (bicyclic) bond motifs is 2. The number of nitrogens with two attached hydrogens (primary N) is 1. The summed E-state index contributed by atoms with van der Waals surface area (Å²) in [6.07, 6.45) is -0.376. The van der Waals surface area contributed by atoms with E-state index in [0.29, 0.717) is 33.7 Å². The van der Waals surface area contributed by atoms with Crippen LogP contribution in [0.1, 0.15) is 40.7 Å². The van der Waals surface area contributed by atoms with Gasteiger partial charge in [-0.3, -0.25) is 9.36 Å². The number of carbonyl (C=O) groups excluding carboxylic acids is 1. The van der Waals surface area contributed by atoms with Crippen molar-refractivity contribution >= 4 is 39.4 Å². The van der Waals surface area contributed by atoms with Crippen molar-refractivity contribution in [1.29, 1.82) is 0 Å². The predicted molar refractivity (Wildman–Crippen MR) is 208 cm³/mol. The third kappa shape index (κ3) is 7.56. The molecule has 0 atom stereocenters. The van der Waals surface area contributed by atoms with Gasteiger partial charge in [-0.05, 0) is 73.0 Å². The van der Waals surface area contributed by atoms with Crippen molar-refractivity contribution in [1.82, 2.24) is 34.1 Å². The number of nitrogen functional groups attached to an aromatic ring is 1. The summed E-state index contributed by atoms with van der Waals surface area (Å²) in [6, 6.07) is 30.0. The van der Waals surface area contributed by atoms with Crippen molar-refractivity contribution < 1.29 is 22.4 Å². The number of ketones is 1. The van der Waals surface area contributed by atoms with Gasteiger partial charge in [-0.25, -0.2) is 29.1 Å². The summed E-state index contributed by atoms with van der Waals surface area (Å²) >= 11 is 0. The number of imidazole rings is 2. The predicted octanol–water partition coefficient (Wildman–Crippen LogP) is 6.96. The van der Waals surface area contributed by atoms with Crippen LogP contribution >= 0.6 is 0 Å². The average molecular weight is 774 g/mol. The lowest BCUT2D eigenvalue weighted by Crippen LogP contribution is -2.37. The first-order valence-corrected chi connectivity index (χ1v) is 18.0. The highest BCUT2D eigenvalue weighted by molar-refractivity contribution is 5.96. The number of benzene rings is 3. The van der Waals surface area contributed by atoms with Crippen LogP contribution in [0.4, 0.5) is 24.7 Å². The van der Waals surface area contributed by atoms with Gasteiger partial charge in [0.2, 0.25) is 17.4 Å². The number of hydrogen-bond donors (Lipinski definition) is 3. The Morgan fingerprint density at radius 2 is 1.40 bits per heavy atom. The second kappa shape index (κ2) is 15.1. The Hall–Kier alpha value is -7.23. The molecule has 1 aliphatic heterocycles. The van der Waals surface area contributed by atoms with E-state index in [9.17, 15) is 27.6 Å². The van der Waals surface area contributed by atoms with Gasteiger partial charge in [0.1, 0.15) is 11.6 Å². The van der Waals surface area contributed by atoms with Crippen LogP contribution in [-0.4, -0.2) is 52.9 Å². The summed E-state index contributed by atoms with van der Waals surface area (Å²) in [5, 5.41) is 0. The van der Waals surface area contributed by atoms with E-state index in [4.69, 9.17) is 10.2 Å². The number of pyridine rings is 2. The second-order valence-corrected chi connectivity index (χ2v) is 13.5. The Labute approximate surface area is 321 Å². The fourth-order valence-corrected chi connectivity index (χ4v) is 6.98. The maximum atomic E-state index is 13.5. The first kappa shape index (κ1) is 36.7. The number of anilines is 2. The number of nitrogens with one attached hydrogen (secondary N) is 2. The molecule has 8 aromatic rings. The summed E-state index contributed by atoms with van der Waals surface area (Å²) in [5.41, 5.74) is 8.41. The molecule has 3 aromatic carbocycles. The molecular weight excluding hydrogens is 740 g/mol. The number of para-hydroxylation sites is 4. The molecule has 0 aliphatic carbocycles. The molecule has 0 amide bonds. The van der Waals surface area contributed by atoms with Crippen LogP contribution in [0.2, 0.25) is 0 Å². The Bertz CT molecular complexity index is 2800. The molecule has 1 saturated heterocycles. The molecule has 0 bridgehead atoms. The van der Waals surface area contributed by atoms with Crippen LogP contribution in [0, 0.1) is 0 Å². The highest BCUT2D eigenvalue weighted by Gasteiger charge is 2.41. The number of rotatable bonds is 7. The smallest absolute Gasteiger partial charge is 0.432 e. The molecule has 0 spiro atoms. The molecule has 288 valence electrons. The summed E-state index contributed by atoms with van der Waals surface area (Å²) in [4.78, 5) is 57.4. The number of aromatic amines is 2. The molecule has 5 aromatic heterocycles. The lowest BCUT2D eigenvalue weighted by Gasteiger charge is -2.33. The summed E-state index contributed by atoms with van der Waals surface area (Å²) in [5.74, 6) is -0.780. The van der Waals surface area contributed by atoms with Crippen LogP contribution in [-0.2, 0) is 12.6 Å². The number of aromatic nitrogens is 7. The van der Waals surface area contributed by atoms with E-state index in [1.807, 2.05) is 41.0 Å². The van der Waals surface area contributed by atoms with Crippen molar-refractivity contribution in [3.8, 4) is 17.3 Å². The monoisotopic (exact) mass is 773 g/mol. The quantitative estimate of drug-likeness (QED) is 0.145. The average Bonchev–Trinajstić information content (AvgIpc) is 3.92. The Morgan fingerprint density at radius 1 is 0.772 bits per heavy atom. The van der Waals surface area contributed by atoms with Crippen molar-refractivity contribution in [3.63, 3.8) is 0 Å². The second-order valence-electron chi connectivity index (χ2n) is 13.5. The van der Waals surface area contributed by atoms with Gasteiger partial charge in [-0.15, -0.1) is 0 Å². The summed E-state index contributed by atoms with van der Waals surface area (Å²) in [7, 11) is 0. The molecule has 57 heavy (non-hydrogen) atoms. The van der Waals surface area contributed by atoms with Crippen molar-refractivity contribution in [3.05, 3.63) is 154 Å². The van der Waals surface area contributed by atoms with Gasteiger partial charge >= 0.3 is 17.6 Å². The molecule has 0 unspecified atom stereocenters. The molecule has 1 fully saturated rings. The molecule has 9 rings (SSSR count). The van der Waals surface area contributed by atoms with E-state index in [1.165, 1.54) is 35.0 Å². The molecule has 13 nitrogen and oxygen atoms in total. The molecule has 16 heteroatoms. The molecule has 0 radical (unpaired) electrons. The van der Waals surface area contributed by atoms with E-state index < -0.39 is 23.4 Å². The number of hydrogen-bond acceptors (Lipinski definition) is 9. The zero-order valence-corrected chi connectivity index (χ0v) is 30.1. The molecule has 1 aliphatic rings. The highest BCUT2D eigenvalue weighted by atomic mass is 19.4. The standard InChI is InChI=1S/C24H15F3N4O3.C17H19N5O/c25-24(26,27)21-20(34-22(30-21)15-6-2-1-3-7-15)18(32)12-14-10-11-19(28-13-14)31-17-9-5-4-8-16(17)29-23(31)33;18-12-5-6-16(19-11-12)21-9-7-13(8-10-21)22-15-4-2-1-3-14(15)20-17(22)23/h1-11,13H,12H2,(H,29,33);1-6,11,13H,7-10,18H2,(H,20,23). The minimum Gasteiger partial charge on any atom is -0.432 e. The largest absolute Gasteiger partial charge is 0.437 e. The van der Waals surface area contributed by atoms with Gasteiger partial charge in [-0.1, -0.05) is 48.5 Å². The van der Waals surface area contributed by atoms with Crippen molar-refractivity contribution in [2.75, 3.05) is 23.7 Å². The number of carbonyl (C=O) groups is 1. The van der Waals surface area contributed by atoms with E-state index in [0.717, 1.165) is 42.8 Å². The summed E-state index contributed by atoms with van der Waals surface area (Å²) in [6.45, 7) is 1.76. The first-order valence-electron chi connectivity index (χ1n) is 18.0. The van der Waals surface area contributed by atoms with Crippen molar-refractivity contribution in [2.24, 2.45) is 0 Å². The zero-order chi connectivity index (χ0) is 39.7. The van der Waals surface area contributed by atoms with Crippen LogP contribution < -0.4 is 22.0 Å². The minimum atomic E-state index is -4.86. The Morgan fingerprint density at radius 3 is 2.07 bits per heavy atom. The SMILES string of the molecule is Nc1ccc(N2CCC(n3c(=O)[nH]c4ccccc43)CC2)nc1.O=C(Cc1ccc(-n2c(=O)[nH]c3ccccc32)nc1)c1oc(-c2ccccc2)nc1C(F)(F)F. The van der Waals surface area contributed by atoms with E-state index in [-0.39, 0.29) is 29.7 Å². The first-order chi connectivity index (χ1) is 27.5. The number of H-pyrrole nitrogens is 2. The summed E-state index contributed by atoms with van der Waals surface area (Å²) < 4.78 is 49.1. The minimum absolute atomic E-state index is 0.0183. The highest BCUT2D eigenvalue weighted by Crippen LogP contribution is 2.35. The maximum Gasteiger partial charge on any atom is 0.437 e. The van der Waals surface area contributed by atoms with Crippen LogP contribution in [0.3, 0.4) is 0 Å². The number of Topliss-reactive ketones (excluding diaryl/α,β-unsaturated/α-hetero) is 1. The fraction of sp³-hybridized carbons (Fsp3) is 0.171. The van der Waals surface area contributed by atoms with Gasteiger partial charge in [0, 0.05) is 37.3 Å². The third-order valence-electron chi connectivity index (χ3n) is 9.71. The lowest BCUT2D eigenvalue weighted by atomic mass is 10.0. The van der Waals surface area contributed by atoms with E-state index >= 15 is 0 Å². The van der Waals surface area contributed by atoms with Gasteiger partial charge in [0.25, 0.3) is 0 Å². The van der Waals surface area contributed by atoms with Crippen LogP contribution in [0.25, 0.3) is 39.3 Å². The number of halogens is 3. The maximum absolute atomic E-state index is 13.5. The Kier molecular flexibility index (Phi) is 9.75. The van der Waals surface area contributed by atoms with Crippen LogP contribution in [0.15, 0.2) is 130 Å². The number of alkyl halides is 3. The lowest BCUT2D eigenvalue weighted by molar-refractivity contribution is -0.141. The van der Waals surface area contributed by atoms with E-state index in [2.05, 4.69) is 29.8 Å². The molecule has 0 saturated carbocycles. The van der Waals surface area contributed by atoms with E-state index in [1.54, 1.807) is 48.7 Å². The normalized spacial score (nSPS) is 13.5. The van der Waals surface area contributed by atoms with Crippen LogP contribution in [0.5, 0.6) is 0 Å². The topological polar surface area (TPSA) is 174 Å². The number of oxazole rings is 1. The van der Waals surface area contributed by atoms with Gasteiger partial charge < -0.3 is 25.0 Å². The third-order valence-corrected chi connectivity index (χ3v) is 9.71. The molecule has 6 heterocycles. The van der Waals surface area contributed by atoms with Gasteiger partial charge in [0.05, 0.1) is 34.0 Å². The molecule has 4 N–H and O–H groups in total.